The van der Waals surface area contributed by atoms with Crippen LogP contribution < -0.4 is 5.32 Å². The molecule has 5 heteroatoms. The number of nitrogens with zero attached hydrogens (tertiary/aromatic N) is 2. The normalized spacial score (nSPS) is 19.2. The quantitative estimate of drug-likeness (QED) is 0.920. The Bertz CT molecular complexity index is 666. The average molecular weight is 339 g/mol. The van der Waals surface area contributed by atoms with Crippen LogP contribution in [0, 0.1) is 17.2 Å². The van der Waals surface area contributed by atoms with Gasteiger partial charge in [0.25, 0.3) is 5.91 Å². The Morgan fingerprint density at radius 3 is 2.48 bits per heavy atom. The molecule has 5 nitrogen and oxygen atoms in total. The monoisotopic (exact) mass is 339 g/mol. The van der Waals surface area contributed by atoms with Gasteiger partial charge in [0.05, 0.1) is 11.6 Å². The molecule has 0 atom stereocenters. The number of nitriles is 1. The van der Waals surface area contributed by atoms with Crippen LogP contribution in [0.5, 0.6) is 0 Å². The van der Waals surface area contributed by atoms with Crippen LogP contribution in [0.4, 0.5) is 0 Å². The lowest BCUT2D eigenvalue weighted by Gasteiger charge is -2.33. The summed E-state index contributed by atoms with van der Waals surface area (Å²) in [6.07, 6.45) is 7.18. The van der Waals surface area contributed by atoms with Crippen molar-refractivity contribution in [2.24, 2.45) is 5.92 Å². The molecule has 0 radical (unpaired) electrons. The van der Waals surface area contributed by atoms with E-state index in [1.165, 1.54) is 6.42 Å². The molecule has 1 saturated carbocycles. The van der Waals surface area contributed by atoms with E-state index in [1.54, 1.807) is 24.3 Å². The molecule has 2 aliphatic rings. The van der Waals surface area contributed by atoms with Crippen LogP contribution >= 0.6 is 0 Å². The van der Waals surface area contributed by atoms with Gasteiger partial charge in [-0.3, -0.25) is 9.59 Å². The number of carbonyl (C=O) groups excluding carboxylic acids is 2. The van der Waals surface area contributed by atoms with Crippen LogP contribution in [0.2, 0.25) is 0 Å². The molecular weight excluding hydrogens is 314 g/mol. The van der Waals surface area contributed by atoms with Crippen molar-refractivity contribution in [2.45, 2.75) is 51.0 Å². The molecule has 1 aliphatic carbocycles. The van der Waals surface area contributed by atoms with E-state index in [2.05, 4.69) is 11.4 Å². The van der Waals surface area contributed by atoms with Gasteiger partial charge in [0.15, 0.2) is 0 Å². The summed E-state index contributed by atoms with van der Waals surface area (Å²) in [6, 6.07) is 9.06. The maximum absolute atomic E-state index is 12.6. The predicted molar refractivity (Wildman–Crippen MR) is 94.8 cm³/mol. The summed E-state index contributed by atoms with van der Waals surface area (Å²) in [4.78, 5) is 26.7. The Balaban J connectivity index is 1.50. The van der Waals surface area contributed by atoms with Gasteiger partial charge in [0, 0.05) is 30.6 Å². The minimum atomic E-state index is -0.0332. The van der Waals surface area contributed by atoms with E-state index in [0.29, 0.717) is 24.2 Å². The van der Waals surface area contributed by atoms with Crippen molar-refractivity contribution in [1.82, 2.24) is 10.2 Å². The molecule has 0 unspecified atom stereocenters. The largest absolute Gasteiger partial charge is 0.353 e. The molecule has 0 spiro atoms. The summed E-state index contributed by atoms with van der Waals surface area (Å²) in [5, 5.41) is 12.2. The molecule has 2 amide bonds. The van der Waals surface area contributed by atoms with Crippen LogP contribution in [0.25, 0.3) is 0 Å². The second kappa shape index (κ2) is 8.15. The minimum Gasteiger partial charge on any atom is -0.353 e. The Labute approximate surface area is 149 Å². The standard InChI is InChI=1S/C20H25N3O2/c21-14-15-5-4-8-17(13-15)20(25)23-11-9-18(10-12-23)22-19(24)16-6-2-1-3-7-16/h4-5,8,13,16,18H,1-3,6-7,9-12H2,(H,22,24). The highest BCUT2D eigenvalue weighted by molar-refractivity contribution is 5.94. The fraction of sp³-hybridized carbons (Fsp3) is 0.550. The molecule has 132 valence electrons. The number of nitrogens with one attached hydrogen (secondary N) is 1. The van der Waals surface area contributed by atoms with E-state index < -0.39 is 0 Å². The van der Waals surface area contributed by atoms with Gasteiger partial charge in [-0.1, -0.05) is 25.3 Å². The Kier molecular flexibility index (Phi) is 5.70. The summed E-state index contributed by atoms with van der Waals surface area (Å²) in [7, 11) is 0. The SMILES string of the molecule is N#Cc1cccc(C(=O)N2CCC(NC(=O)C3CCCCC3)CC2)c1. The lowest BCUT2D eigenvalue weighted by Crippen LogP contribution is -2.48. The molecule has 1 aromatic rings. The van der Waals surface area contributed by atoms with Crippen molar-refractivity contribution in [3.8, 4) is 6.07 Å². The van der Waals surface area contributed by atoms with Gasteiger partial charge in [0.1, 0.15) is 0 Å². The molecule has 2 fully saturated rings. The number of piperidine rings is 1. The molecular formula is C20H25N3O2. The highest BCUT2D eigenvalue weighted by Gasteiger charge is 2.27. The van der Waals surface area contributed by atoms with Crippen molar-refractivity contribution in [2.75, 3.05) is 13.1 Å². The zero-order chi connectivity index (χ0) is 17.6. The summed E-state index contributed by atoms with van der Waals surface area (Å²) < 4.78 is 0. The fourth-order valence-corrected chi connectivity index (χ4v) is 3.82. The average Bonchev–Trinajstić information content (AvgIpc) is 2.68. The third-order valence-corrected chi connectivity index (χ3v) is 5.34. The first-order valence-corrected chi connectivity index (χ1v) is 9.27. The summed E-state index contributed by atoms with van der Waals surface area (Å²) in [6.45, 7) is 1.29. The van der Waals surface area contributed by atoms with Crippen molar-refractivity contribution < 1.29 is 9.59 Å². The van der Waals surface area contributed by atoms with Gasteiger partial charge in [0.2, 0.25) is 5.91 Å². The molecule has 3 rings (SSSR count). The highest BCUT2D eigenvalue weighted by Crippen LogP contribution is 2.24. The maximum Gasteiger partial charge on any atom is 0.253 e. The molecule has 0 aromatic heterocycles. The molecule has 1 saturated heterocycles. The molecule has 1 aromatic carbocycles. The number of rotatable bonds is 3. The van der Waals surface area contributed by atoms with Gasteiger partial charge < -0.3 is 10.2 Å². The fourth-order valence-electron chi connectivity index (χ4n) is 3.82. The third kappa shape index (κ3) is 4.39. The van der Waals surface area contributed by atoms with Crippen LogP contribution in [0.3, 0.4) is 0 Å². The van der Waals surface area contributed by atoms with Gasteiger partial charge >= 0.3 is 0 Å². The zero-order valence-electron chi connectivity index (χ0n) is 14.5. The Morgan fingerprint density at radius 2 is 1.80 bits per heavy atom. The van der Waals surface area contributed by atoms with E-state index in [0.717, 1.165) is 38.5 Å². The molecule has 0 bridgehead atoms. The van der Waals surface area contributed by atoms with Gasteiger partial charge in [-0.15, -0.1) is 0 Å². The predicted octanol–water partition coefficient (Wildman–Crippen LogP) is 2.86. The number of carbonyl (C=O) groups is 2. The smallest absolute Gasteiger partial charge is 0.253 e. The second-order valence-corrected chi connectivity index (χ2v) is 7.10. The van der Waals surface area contributed by atoms with E-state index in [-0.39, 0.29) is 23.8 Å². The summed E-state index contributed by atoms with van der Waals surface area (Å²) in [5.41, 5.74) is 1.06. The Hall–Kier alpha value is -2.35. The topological polar surface area (TPSA) is 73.2 Å². The van der Waals surface area contributed by atoms with Gasteiger partial charge in [-0.25, -0.2) is 0 Å². The van der Waals surface area contributed by atoms with Crippen molar-refractivity contribution in [3.63, 3.8) is 0 Å². The first-order valence-electron chi connectivity index (χ1n) is 9.27. The van der Waals surface area contributed by atoms with E-state index in [9.17, 15) is 9.59 Å². The van der Waals surface area contributed by atoms with Gasteiger partial charge in [-0.2, -0.15) is 5.26 Å². The van der Waals surface area contributed by atoms with Crippen LogP contribution in [-0.4, -0.2) is 35.8 Å². The zero-order valence-corrected chi connectivity index (χ0v) is 14.5. The number of benzene rings is 1. The van der Waals surface area contributed by atoms with E-state index in [4.69, 9.17) is 5.26 Å². The van der Waals surface area contributed by atoms with E-state index >= 15 is 0 Å². The van der Waals surface area contributed by atoms with Gasteiger partial charge in [-0.05, 0) is 43.9 Å². The third-order valence-electron chi connectivity index (χ3n) is 5.34. The van der Waals surface area contributed by atoms with E-state index in [1.807, 2.05) is 4.90 Å². The van der Waals surface area contributed by atoms with Crippen molar-refractivity contribution >= 4 is 11.8 Å². The first kappa shape index (κ1) is 17.5. The first-order chi connectivity index (χ1) is 12.2. The highest BCUT2D eigenvalue weighted by atomic mass is 16.2. The maximum atomic E-state index is 12.6. The molecule has 1 N–H and O–H groups in total. The lowest BCUT2D eigenvalue weighted by molar-refractivity contribution is -0.126. The summed E-state index contributed by atoms with van der Waals surface area (Å²) >= 11 is 0. The molecule has 25 heavy (non-hydrogen) atoms. The molecule has 1 aliphatic heterocycles. The number of likely N-dealkylation sites (tertiary alicyclic amines) is 1. The lowest BCUT2D eigenvalue weighted by atomic mass is 9.88. The number of amides is 2. The number of hydrogen-bond acceptors (Lipinski definition) is 3. The second-order valence-electron chi connectivity index (χ2n) is 7.10. The summed E-state index contributed by atoms with van der Waals surface area (Å²) in [5.74, 6) is 0.350. The minimum absolute atomic E-state index is 0.0332. The van der Waals surface area contributed by atoms with Crippen LogP contribution in [-0.2, 0) is 4.79 Å². The van der Waals surface area contributed by atoms with Crippen molar-refractivity contribution in [1.29, 1.82) is 5.26 Å². The Morgan fingerprint density at radius 1 is 1.08 bits per heavy atom. The molecule has 1 heterocycles. The number of hydrogen-bond donors (Lipinski definition) is 1. The van der Waals surface area contributed by atoms with Crippen molar-refractivity contribution in [3.05, 3.63) is 35.4 Å². The van der Waals surface area contributed by atoms with Crippen LogP contribution in [0.1, 0.15) is 60.9 Å². The van der Waals surface area contributed by atoms with Crippen LogP contribution in [0.15, 0.2) is 24.3 Å².